The zero-order valence-corrected chi connectivity index (χ0v) is 16.6. The summed E-state index contributed by atoms with van der Waals surface area (Å²) in [5.74, 6) is -0.469. The third-order valence-electron chi connectivity index (χ3n) is 4.68. The van der Waals surface area contributed by atoms with Crippen LogP contribution in [0.3, 0.4) is 0 Å². The number of pyridine rings is 2. The van der Waals surface area contributed by atoms with E-state index in [2.05, 4.69) is 10.1 Å². The molecule has 0 aliphatic heterocycles. The third kappa shape index (κ3) is 4.12. The van der Waals surface area contributed by atoms with E-state index >= 15 is 0 Å². The minimum Gasteiger partial charge on any atom is -0.495 e. The Morgan fingerprint density at radius 1 is 1.12 bits per heavy atom. The number of alkyl halides is 3. The first-order valence-corrected chi connectivity index (χ1v) is 9.32. The summed E-state index contributed by atoms with van der Waals surface area (Å²) in [5.41, 5.74) is -0.465. The lowest BCUT2D eigenvalue weighted by atomic mass is 10.0. The fraction of sp³-hybridized carbons (Fsp3) is 0.136. The SMILES string of the molecule is COc1ccc2c(C(O)OC(=O)c3ccccn3)c(-c3cccc(C(F)(F)F)c3)nn2c1. The van der Waals surface area contributed by atoms with E-state index in [1.54, 1.807) is 24.3 Å². The Hall–Kier alpha value is -3.92. The molecule has 0 saturated carbocycles. The van der Waals surface area contributed by atoms with E-state index in [4.69, 9.17) is 9.47 Å². The third-order valence-corrected chi connectivity index (χ3v) is 4.68. The molecule has 1 atom stereocenters. The zero-order valence-electron chi connectivity index (χ0n) is 16.6. The van der Waals surface area contributed by atoms with Crippen LogP contribution in [0.1, 0.15) is 27.9 Å². The molecule has 1 unspecified atom stereocenters. The molecular formula is C22H16F3N3O4. The van der Waals surface area contributed by atoms with Gasteiger partial charge in [-0.2, -0.15) is 18.3 Å². The van der Waals surface area contributed by atoms with Crippen molar-refractivity contribution in [2.45, 2.75) is 12.5 Å². The van der Waals surface area contributed by atoms with E-state index in [1.165, 1.54) is 42.2 Å². The van der Waals surface area contributed by atoms with Crippen LogP contribution in [0.15, 0.2) is 67.0 Å². The summed E-state index contributed by atoms with van der Waals surface area (Å²) < 4.78 is 51.4. The molecule has 1 aromatic carbocycles. The van der Waals surface area contributed by atoms with Crippen molar-refractivity contribution in [3.63, 3.8) is 0 Å². The summed E-state index contributed by atoms with van der Waals surface area (Å²) in [4.78, 5) is 16.2. The van der Waals surface area contributed by atoms with Gasteiger partial charge < -0.3 is 14.6 Å². The number of halogens is 3. The van der Waals surface area contributed by atoms with Crippen LogP contribution in [0.25, 0.3) is 16.8 Å². The van der Waals surface area contributed by atoms with Gasteiger partial charge in [0, 0.05) is 11.8 Å². The van der Waals surface area contributed by atoms with Crippen molar-refractivity contribution in [2.75, 3.05) is 7.11 Å². The standard InChI is InChI=1S/C22H16F3N3O4/c1-31-15-8-9-17-18(21(30)32-20(29)16-7-2-3-10-26-16)19(27-28(17)12-15)13-5-4-6-14(11-13)22(23,24)25/h2-12,21,30H,1H3. The molecule has 164 valence electrons. The van der Waals surface area contributed by atoms with Crippen molar-refractivity contribution in [2.24, 2.45) is 0 Å². The maximum absolute atomic E-state index is 13.2. The number of benzene rings is 1. The molecule has 0 fully saturated rings. The molecule has 32 heavy (non-hydrogen) atoms. The highest BCUT2D eigenvalue weighted by atomic mass is 19.4. The highest BCUT2D eigenvalue weighted by Gasteiger charge is 2.32. The molecule has 0 amide bonds. The average molecular weight is 443 g/mol. The van der Waals surface area contributed by atoms with E-state index in [0.717, 1.165) is 12.1 Å². The highest BCUT2D eigenvalue weighted by molar-refractivity contribution is 5.87. The quantitative estimate of drug-likeness (QED) is 0.366. The second-order valence-corrected chi connectivity index (χ2v) is 6.71. The number of carbonyl (C=O) groups is 1. The molecule has 1 N–H and O–H groups in total. The molecule has 0 radical (unpaired) electrons. The Morgan fingerprint density at radius 2 is 1.94 bits per heavy atom. The van der Waals surface area contributed by atoms with Crippen molar-refractivity contribution in [1.82, 2.24) is 14.6 Å². The molecule has 0 bridgehead atoms. The van der Waals surface area contributed by atoms with Crippen LogP contribution in [0.2, 0.25) is 0 Å². The molecule has 7 nitrogen and oxygen atoms in total. The molecule has 3 heterocycles. The molecular weight excluding hydrogens is 427 g/mol. The van der Waals surface area contributed by atoms with Crippen LogP contribution in [0.4, 0.5) is 13.2 Å². The summed E-state index contributed by atoms with van der Waals surface area (Å²) >= 11 is 0. The van der Waals surface area contributed by atoms with Gasteiger partial charge in [-0.15, -0.1) is 0 Å². The van der Waals surface area contributed by atoms with Crippen molar-refractivity contribution in [3.8, 4) is 17.0 Å². The molecule has 0 saturated heterocycles. The van der Waals surface area contributed by atoms with Gasteiger partial charge in [0.05, 0.1) is 30.0 Å². The smallest absolute Gasteiger partial charge is 0.416 e. The number of aliphatic hydroxyl groups is 1. The van der Waals surface area contributed by atoms with Gasteiger partial charge in [-0.1, -0.05) is 18.2 Å². The number of nitrogens with zero attached hydrogens (tertiary/aromatic N) is 3. The summed E-state index contributed by atoms with van der Waals surface area (Å²) in [7, 11) is 1.45. The summed E-state index contributed by atoms with van der Waals surface area (Å²) in [5, 5.41) is 15.1. The number of ether oxygens (including phenoxy) is 2. The van der Waals surface area contributed by atoms with Crippen molar-refractivity contribution >= 4 is 11.5 Å². The normalized spacial score (nSPS) is 12.5. The first kappa shape index (κ1) is 21.3. The predicted molar refractivity (Wildman–Crippen MR) is 107 cm³/mol. The van der Waals surface area contributed by atoms with E-state index in [-0.39, 0.29) is 22.5 Å². The monoisotopic (exact) mass is 443 g/mol. The van der Waals surface area contributed by atoms with Gasteiger partial charge in [-0.05, 0) is 36.4 Å². The molecule has 0 spiro atoms. The molecule has 0 aliphatic rings. The lowest BCUT2D eigenvalue weighted by molar-refractivity contribution is -0.137. The predicted octanol–water partition coefficient (Wildman–Crippen LogP) is 4.27. The maximum atomic E-state index is 13.2. The molecule has 4 rings (SSSR count). The van der Waals surface area contributed by atoms with E-state index in [0.29, 0.717) is 11.3 Å². The molecule has 0 aliphatic carbocycles. The zero-order chi connectivity index (χ0) is 22.9. The fourth-order valence-corrected chi connectivity index (χ4v) is 3.17. The topological polar surface area (TPSA) is 86.0 Å². The molecule has 3 aromatic heterocycles. The largest absolute Gasteiger partial charge is 0.495 e. The van der Waals surface area contributed by atoms with Gasteiger partial charge in [0.2, 0.25) is 6.29 Å². The van der Waals surface area contributed by atoms with Crippen molar-refractivity contribution in [3.05, 3.63) is 83.8 Å². The van der Waals surface area contributed by atoms with E-state index in [9.17, 15) is 23.1 Å². The van der Waals surface area contributed by atoms with Gasteiger partial charge in [-0.25, -0.2) is 14.3 Å². The average Bonchev–Trinajstić information content (AvgIpc) is 3.18. The Balaban J connectivity index is 1.82. The number of methoxy groups -OCH3 is 1. The summed E-state index contributed by atoms with van der Waals surface area (Å²) in [6, 6.07) is 12.2. The Labute approximate surface area is 179 Å². The van der Waals surface area contributed by atoms with Gasteiger partial charge in [0.15, 0.2) is 0 Å². The Bertz CT molecular complexity index is 1270. The maximum Gasteiger partial charge on any atom is 0.416 e. The van der Waals surface area contributed by atoms with Crippen LogP contribution in [-0.2, 0) is 10.9 Å². The number of carbonyl (C=O) groups excluding carboxylic acids is 1. The second-order valence-electron chi connectivity index (χ2n) is 6.71. The summed E-state index contributed by atoms with van der Waals surface area (Å²) in [6.07, 6.45) is -3.51. The first-order valence-electron chi connectivity index (χ1n) is 9.32. The van der Waals surface area contributed by atoms with Gasteiger partial charge >= 0.3 is 12.1 Å². The number of rotatable bonds is 5. The number of esters is 1. The highest BCUT2D eigenvalue weighted by Crippen LogP contribution is 2.36. The van der Waals surface area contributed by atoms with Gasteiger partial charge in [0.1, 0.15) is 17.1 Å². The van der Waals surface area contributed by atoms with Crippen LogP contribution >= 0.6 is 0 Å². The summed E-state index contributed by atoms with van der Waals surface area (Å²) in [6.45, 7) is 0. The first-order chi connectivity index (χ1) is 15.3. The number of aliphatic hydroxyl groups excluding tert-OH is 1. The number of hydrogen-bond donors (Lipinski definition) is 1. The number of fused-ring (bicyclic) bond motifs is 1. The van der Waals surface area contributed by atoms with Crippen LogP contribution in [0, 0.1) is 0 Å². The fourth-order valence-electron chi connectivity index (χ4n) is 3.17. The lowest BCUT2D eigenvalue weighted by Crippen LogP contribution is -2.13. The number of aromatic nitrogens is 3. The van der Waals surface area contributed by atoms with Gasteiger partial charge in [-0.3, -0.25) is 0 Å². The molecule has 10 heteroatoms. The minimum absolute atomic E-state index is 0.0191. The van der Waals surface area contributed by atoms with Crippen molar-refractivity contribution < 1.29 is 32.5 Å². The second kappa shape index (κ2) is 8.31. The minimum atomic E-state index is -4.57. The van der Waals surface area contributed by atoms with Gasteiger partial charge in [0.25, 0.3) is 0 Å². The van der Waals surface area contributed by atoms with Crippen molar-refractivity contribution in [1.29, 1.82) is 0 Å². The Kier molecular flexibility index (Phi) is 5.54. The van der Waals surface area contributed by atoms with Crippen LogP contribution in [-0.4, -0.2) is 32.8 Å². The lowest BCUT2D eigenvalue weighted by Gasteiger charge is -2.13. The van der Waals surface area contributed by atoms with E-state index in [1.807, 2.05) is 0 Å². The Morgan fingerprint density at radius 3 is 2.62 bits per heavy atom. The molecule has 4 aromatic rings. The van der Waals surface area contributed by atoms with E-state index < -0.39 is 24.0 Å². The number of hydrogen-bond acceptors (Lipinski definition) is 6. The van der Waals surface area contributed by atoms with Crippen LogP contribution in [0.5, 0.6) is 5.75 Å². The van der Waals surface area contributed by atoms with Crippen LogP contribution < -0.4 is 4.74 Å².